The van der Waals surface area contributed by atoms with Crippen molar-refractivity contribution in [3.05, 3.63) is 0 Å². The van der Waals surface area contributed by atoms with Gasteiger partial charge in [0.2, 0.25) is 0 Å². The predicted octanol–water partition coefficient (Wildman–Crippen LogP) is 1.11. The minimum Gasteiger partial charge on any atom is -0.395 e. The molecule has 0 radical (unpaired) electrons. The smallest absolute Gasteiger partial charge is 0.0585 e. The van der Waals surface area contributed by atoms with E-state index in [1.807, 2.05) is 11.8 Å². The monoisotopic (exact) mass is 233 g/mol. The molecule has 0 aromatic carbocycles. The van der Waals surface area contributed by atoms with E-state index in [-0.39, 0.29) is 12.6 Å². The predicted molar refractivity (Wildman–Crippen MR) is 65.4 cm³/mol. The first kappa shape index (κ1) is 13.3. The van der Waals surface area contributed by atoms with E-state index in [1.165, 1.54) is 0 Å². The molecule has 0 spiro atoms. The van der Waals surface area contributed by atoms with E-state index >= 15 is 0 Å². The molecule has 1 heterocycles. The minimum absolute atomic E-state index is 0.235. The fourth-order valence-corrected chi connectivity index (χ4v) is 2.46. The van der Waals surface area contributed by atoms with Gasteiger partial charge in [0.15, 0.2) is 0 Å². The largest absolute Gasteiger partial charge is 0.395 e. The molecule has 0 amide bonds. The summed E-state index contributed by atoms with van der Waals surface area (Å²) in [6.45, 7) is 4.19. The van der Waals surface area contributed by atoms with Gasteiger partial charge in [0.25, 0.3) is 0 Å². The second-order valence-electron chi connectivity index (χ2n) is 4.24. The second kappa shape index (κ2) is 7.49. The number of hydrogen-bond donors (Lipinski definition) is 2. The lowest BCUT2D eigenvalue weighted by Gasteiger charge is -2.25. The Balaban J connectivity index is 2.23. The van der Waals surface area contributed by atoms with Crippen LogP contribution < -0.4 is 5.32 Å². The Kier molecular flexibility index (Phi) is 6.64. The third-order valence-corrected chi connectivity index (χ3v) is 3.71. The maximum atomic E-state index is 9.24. The van der Waals surface area contributed by atoms with Crippen molar-refractivity contribution in [3.8, 4) is 0 Å². The molecule has 1 aliphatic heterocycles. The molecule has 0 aromatic heterocycles. The summed E-state index contributed by atoms with van der Waals surface area (Å²) < 4.78 is 5.37. The lowest BCUT2D eigenvalue weighted by molar-refractivity contribution is 0.169. The number of ether oxygens (including phenoxy) is 1. The summed E-state index contributed by atoms with van der Waals surface area (Å²) in [6.07, 6.45) is 4.28. The maximum Gasteiger partial charge on any atom is 0.0585 e. The summed E-state index contributed by atoms with van der Waals surface area (Å²) in [6, 6.07) is 0.694. The highest BCUT2D eigenvalue weighted by atomic mass is 32.2. The molecule has 1 fully saturated rings. The molecule has 4 heteroatoms. The Bertz CT molecular complexity index is 163. The molecule has 15 heavy (non-hydrogen) atoms. The SMILES string of the molecule is CSCCC(CO)NC(C)C1CCOC1. The van der Waals surface area contributed by atoms with Gasteiger partial charge in [-0.3, -0.25) is 0 Å². The molecule has 0 saturated carbocycles. The van der Waals surface area contributed by atoms with Crippen LogP contribution in [0, 0.1) is 5.92 Å². The third kappa shape index (κ3) is 4.72. The minimum atomic E-state index is 0.235. The zero-order valence-electron chi connectivity index (χ0n) is 9.74. The Morgan fingerprint density at radius 3 is 2.93 bits per heavy atom. The number of thioether (sulfide) groups is 1. The van der Waals surface area contributed by atoms with Crippen LogP contribution in [0.3, 0.4) is 0 Å². The summed E-state index contributed by atoms with van der Waals surface area (Å²) in [4.78, 5) is 0. The van der Waals surface area contributed by atoms with Crippen LogP contribution >= 0.6 is 11.8 Å². The molecule has 3 unspecified atom stereocenters. The van der Waals surface area contributed by atoms with Crippen molar-refractivity contribution in [1.82, 2.24) is 5.32 Å². The zero-order chi connectivity index (χ0) is 11.1. The van der Waals surface area contributed by atoms with Crippen LogP contribution in [-0.2, 0) is 4.74 Å². The topological polar surface area (TPSA) is 41.5 Å². The van der Waals surface area contributed by atoms with E-state index in [9.17, 15) is 5.11 Å². The van der Waals surface area contributed by atoms with Crippen molar-refractivity contribution < 1.29 is 9.84 Å². The first-order chi connectivity index (χ1) is 7.27. The van der Waals surface area contributed by atoms with E-state index in [0.717, 1.165) is 31.8 Å². The van der Waals surface area contributed by atoms with Crippen molar-refractivity contribution in [1.29, 1.82) is 0 Å². The first-order valence-electron chi connectivity index (χ1n) is 5.71. The van der Waals surface area contributed by atoms with Gasteiger partial charge >= 0.3 is 0 Å². The molecule has 1 aliphatic rings. The molecular weight excluding hydrogens is 210 g/mol. The van der Waals surface area contributed by atoms with Crippen LogP contribution in [0.15, 0.2) is 0 Å². The summed E-state index contributed by atoms with van der Waals surface area (Å²) in [7, 11) is 0. The zero-order valence-corrected chi connectivity index (χ0v) is 10.6. The fraction of sp³-hybridized carbons (Fsp3) is 1.00. The van der Waals surface area contributed by atoms with Gasteiger partial charge in [-0.1, -0.05) is 0 Å². The van der Waals surface area contributed by atoms with E-state index in [1.54, 1.807) is 0 Å². The fourth-order valence-electron chi connectivity index (χ4n) is 1.94. The number of hydrogen-bond acceptors (Lipinski definition) is 4. The normalized spacial score (nSPS) is 25.4. The van der Waals surface area contributed by atoms with Crippen LogP contribution in [-0.4, -0.2) is 49.0 Å². The molecule has 1 rings (SSSR count). The average Bonchev–Trinajstić information content (AvgIpc) is 2.77. The Labute approximate surface area is 97.0 Å². The van der Waals surface area contributed by atoms with Crippen molar-refractivity contribution in [2.24, 2.45) is 5.92 Å². The molecule has 3 atom stereocenters. The molecule has 0 aromatic rings. The maximum absolute atomic E-state index is 9.24. The molecule has 0 bridgehead atoms. The van der Waals surface area contributed by atoms with Gasteiger partial charge < -0.3 is 15.2 Å². The quantitative estimate of drug-likeness (QED) is 0.691. The van der Waals surface area contributed by atoms with E-state index in [4.69, 9.17) is 4.74 Å². The molecule has 3 nitrogen and oxygen atoms in total. The van der Waals surface area contributed by atoms with Crippen molar-refractivity contribution in [2.75, 3.05) is 31.8 Å². The number of nitrogens with one attached hydrogen (secondary N) is 1. The summed E-state index contributed by atoms with van der Waals surface area (Å²) in [5.74, 6) is 1.72. The van der Waals surface area contributed by atoms with Crippen molar-refractivity contribution in [3.63, 3.8) is 0 Å². The Morgan fingerprint density at radius 2 is 2.40 bits per heavy atom. The van der Waals surface area contributed by atoms with Crippen molar-refractivity contribution >= 4 is 11.8 Å². The molecule has 90 valence electrons. The van der Waals surface area contributed by atoms with Gasteiger partial charge in [-0.15, -0.1) is 0 Å². The van der Waals surface area contributed by atoms with Crippen LogP contribution in [0.5, 0.6) is 0 Å². The summed E-state index contributed by atoms with van der Waals surface area (Å²) in [5, 5.41) is 12.7. The average molecular weight is 233 g/mol. The lowest BCUT2D eigenvalue weighted by atomic mass is 9.99. The van der Waals surface area contributed by atoms with Gasteiger partial charge in [0, 0.05) is 18.7 Å². The highest BCUT2D eigenvalue weighted by molar-refractivity contribution is 7.98. The first-order valence-corrected chi connectivity index (χ1v) is 7.11. The third-order valence-electron chi connectivity index (χ3n) is 3.06. The molecule has 0 aliphatic carbocycles. The molecular formula is C11H23NO2S. The molecule has 2 N–H and O–H groups in total. The summed E-state index contributed by atoms with van der Waals surface area (Å²) >= 11 is 1.83. The van der Waals surface area contributed by atoms with Crippen LogP contribution in [0.1, 0.15) is 19.8 Å². The Hall–Kier alpha value is 0.230. The standard InChI is InChI=1S/C11H23NO2S/c1-9(10-3-5-14-8-10)12-11(7-13)4-6-15-2/h9-13H,3-8H2,1-2H3. The number of aliphatic hydroxyl groups excluding tert-OH is 1. The van der Waals surface area contributed by atoms with Gasteiger partial charge in [-0.05, 0) is 37.7 Å². The number of rotatable bonds is 7. The van der Waals surface area contributed by atoms with Gasteiger partial charge in [0.1, 0.15) is 0 Å². The van der Waals surface area contributed by atoms with Crippen LogP contribution in [0.25, 0.3) is 0 Å². The van der Waals surface area contributed by atoms with Gasteiger partial charge in [-0.2, -0.15) is 11.8 Å². The van der Waals surface area contributed by atoms with Crippen LogP contribution in [0.4, 0.5) is 0 Å². The Morgan fingerprint density at radius 1 is 1.60 bits per heavy atom. The van der Waals surface area contributed by atoms with Gasteiger partial charge in [-0.25, -0.2) is 0 Å². The second-order valence-corrected chi connectivity index (χ2v) is 5.23. The highest BCUT2D eigenvalue weighted by Crippen LogP contribution is 2.17. The lowest BCUT2D eigenvalue weighted by Crippen LogP contribution is -2.43. The van der Waals surface area contributed by atoms with Gasteiger partial charge in [0.05, 0.1) is 13.2 Å². The molecule has 1 saturated heterocycles. The highest BCUT2D eigenvalue weighted by Gasteiger charge is 2.23. The summed E-state index contributed by atoms with van der Waals surface area (Å²) in [5.41, 5.74) is 0. The van der Waals surface area contributed by atoms with E-state index in [2.05, 4.69) is 18.5 Å². The van der Waals surface area contributed by atoms with E-state index < -0.39 is 0 Å². The number of aliphatic hydroxyl groups is 1. The van der Waals surface area contributed by atoms with Crippen LogP contribution in [0.2, 0.25) is 0 Å². The van der Waals surface area contributed by atoms with E-state index in [0.29, 0.717) is 12.0 Å². The van der Waals surface area contributed by atoms with Crippen molar-refractivity contribution in [2.45, 2.75) is 31.8 Å².